The Hall–Kier alpha value is -6.65. The van der Waals surface area contributed by atoms with Crippen LogP contribution in [0.3, 0.4) is 0 Å². The van der Waals surface area contributed by atoms with Gasteiger partial charge in [-0.2, -0.15) is 0 Å². The number of amides is 5. The third-order valence-corrected chi connectivity index (χ3v) is 11.3. The number of nitrogens with zero attached hydrogens (tertiary/aromatic N) is 4. The van der Waals surface area contributed by atoms with Crippen molar-refractivity contribution < 1.29 is 28.7 Å². The van der Waals surface area contributed by atoms with E-state index in [2.05, 4.69) is 35.8 Å². The van der Waals surface area contributed by atoms with Crippen molar-refractivity contribution >= 4 is 51.6 Å². The standard InChI is InChI=1S/C42H49N9O8/c1-26-22-27(24-35-36(26)48-42(58)59-35)23-34(47-40(55)51-16-11-28(12-17-51)31-25-29-6-2-3-7-32(29)45-37(31)52)38(53)46-33(8-4-5-13-44-41(56)57)39(54)50-20-18-49(19-21-50)30-9-14-43-15-10-30/h2-3,6-7,9-10,14-15,22,24-25,28,33-34,44H,4-5,8,11-13,16-21,23H2,1H3,(H,45,52)(H,46,53)(H,47,55)(H,48,58)(H,56,57)/t33-,34+/m0/s1. The Morgan fingerprint density at radius 1 is 0.881 bits per heavy atom. The number of oxazole rings is 1. The van der Waals surface area contributed by atoms with E-state index in [1.165, 1.54) is 0 Å². The summed E-state index contributed by atoms with van der Waals surface area (Å²) < 4.78 is 5.33. The summed E-state index contributed by atoms with van der Waals surface area (Å²) in [5.41, 5.74) is 4.48. The zero-order valence-corrected chi connectivity index (χ0v) is 32.9. The fourth-order valence-corrected chi connectivity index (χ4v) is 8.12. The number of aromatic nitrogens is 3. The van der Waals surface area contributed by atoms with E-state index in [0.717, 1.165) is 16.6 Å². The molecule has 17 heteroatoms. The molecule has 0 bridgehead atoms. The van der Waals surface area contributed by atoms with Crippen molar-refractivity contribution in [3.8, 4) is 0 Å². The van der Waals surface area contributed by atoms with Crippen LogP contribution in [0.15, 0.2) is 81.0 Å². The number of nitrogens with one attached hydrogen (secondary N) is 5. The topological polar surface area (TPSA) is 226 Å². The fourth-order valence-electron chi connectivity index (χ4n) is 8.12. The molecule has 2 fully saturated rings. The maximum absolute atomic E-state index is 14.4. The molecule has 5 amide bonds. The minimum atomic E-state index is -1.14. The van der Waals surface area contributed by atoms with Crippen LogP contribution in [-0.4, -0.2) is 112 Å². The van der Waals surface area contributed by atoms with Gasteiger partial charge in [0.05, 0.1) is 5.52 Å². The predicted molar refractivity (Wildman–Crippen MR) is 221 cm³/mol. The summed E-state index contributed by atoms with van der Waals surface area (Å²) in [4.78, 5) is 93.8. The largest absolute Gasteiger partial charge is 0.465 e. The molecule has 0 saturated carbocycles. The Kier molecular flexibility index (Phi) is 12.6. The van der Waals surface area contributed by atoms with Gasteiger partial charge in [-0.25, -0.2) is 14.4 Å². The maximum atomic E-state index is 14.4. The number of carbonyl (C=O) groups is 4. The highest BCUT2D eigenvalue weighted by Crippen LogP contribution is 2.28. The molecule has 5 heterocycles. The summed E-state index contributed by atoms with van der Waals surface area (Å²) in [6.45, 7) is 4.73. The van der Waals surface area contributed by atoms with Crippen molar-refractivity contribution in [3.05, 3.63) is 105 Å². The molecule has 310 valence electrons. The van der Waals surface area contributed by atoms with Gasteiger partial charge in [-0.1, -0.05) is 24.3 Å². The number of pyridine rings is 2. The first-order valence-corrected chi connectivity index (χ1v) is 20.0. The number of unbranched alkanes of at least 4 members (excludes halogenated alkanes) is 1. The van der Waals surface area contributed by atoms with Crippen LogP contribution < -0.4 is 32.2 Å². The van der Waals surface area contributed by atoms with E-state index in [-0.39, 0.29) is 36.8 Å². The van der Waals surface area contributed by atoms with Crippen LogP contribution in [0.25, 0.3) is 22.0 Å². The minimum absolute atomic E-state index is 0.0280. The summed E-state index contributed by atoms with van der Waals surface area (Å²) in [5, 5.41) is 18.2. The number of H-pyrrole nitrogens is 2. The second-order valence-electron chi connectivity index (χ2n) is 15.2. The lowest BCUT2D eigenvalue weighted by Crippen LogP contribution is -2.59. The third-order valence-electron chi connectivity index (χ3n) is 11.3. The highest BCUT2D eigenvalue weighted by molar-refractivity contribution is 5.92. The Morgan fingerprint density at radius 2 is 1.63 bits per heavy atom. The van der Waals surface area contributed by atoms with Crippen LogP contribution in [0.2, 0.25) is 0 Å². The molecule has 6 N–H and O–H groups in total. The van der Waals surface area contributed by atoms with Crippen molar-refractivity contribution in [2.45, 2.75) is 63.5 Å². The normalized spacial score (nSPS) is 15.8. The molecule has 2 saturated heterocycles. The van der Waals surface area contributed by atoms with E-state index in [9.17, 15) is 28.8 Å². The lowest BCUT2D eigenvalue weighted by molar-refractivity contribution is -0.137. The molecule has 5 aromatic rings. The second kappa shape index (κ2) is 18.3. The van der Waals surface area contributed by atoms with Crippen molar-refractivity contribution in [1.82, 2.24) is 40.7 Å². The van der Waals surface area contributed by atoms with Crippen LogP contribution in [0.1, 0.15) is 54.7 Å². The average Bonchev–Trinajstić information content (AvgIpc) is 3.63. The number of para-hydroxylation sites is 1. The number of piperazine rings is 1. The first kappa shape index (κ1) is 40.5. The molecule has 0 unspecified atom stereocenters. The quantitative estimate of drug-likeness (QED) is 0.0951. The van der Waals surface area contributed by atoms with Crippen LogP contribution in [0, 0.1) is 6.92 Å². The van der Waals surface area contributed by atoms with Gasteiger partial charge in [-0.15, -0.1) is 0 Å². The molecule has 2 atom stereocenters. The average molecular weight is 808 g/mol. The summed E-state index contributed by atoms with van der Waals surface area (Å²) in [6.07, 6.45) is 4.57. The number of carbonyl (C=O) groups excluding carboxylic acids is 3. The summed E-state index contributed by atoms with van der Waals surface area (Å²) in [5.74, 6) is -1.50. The van der Waals surface area contributed by atoms with Gasteiger partial charge in [0.25, 0.3) is 5.56 Å². The summed E-state index contributed by atoms with van der Waals surface area (Å²) in [6, 6.07) is 14.3. The van der Waals surface area contributed by atoms with Crippen LogP contribution in [0.5, 0.6) is 0 Å². The molecular weight excluding hydrogens is 759 g/mol. The number of urea groups is 1. The number of rotatable bonds is 13. The summed E-state index contributed by atoms with van der Waals surface area (Å²) >= 11 is 0. The zero-order valence-electron chi connectivity index (χ0n) is 32.9. The SMILES string of the molecule is Cc1cc(C[C@@H](NC(=O)N2CCC(c3cc4ccccc4[nH]c3=O)CC2)C(=O)N[C@@H](CCCCNC(=O)O)C(=O)N2CCN(c3ccncc3)CC2)cc2oc(=O)[nH]c12. The van der Waals surface area contributed by atoms with E-state index < -0.39 is 35.9 Å². The monoisotopic (exact) mass is 807 g/mol. The van der Waals surface area contributed by atoms with Gasteiger partial charge in [-0.3, -0.25) is 24.4 Å². The molecule has 17 nitrogen and oxygen atoms in total. The van der Waals surface area contributed by atoms with Crippen molar-refractivity contribution in [3.63, 3.8) is 0 Å². The molecule has 2 aromatic carbocycles. The predicted octanol–water partition coefficient (Wildman–Crippen LogP) is 3.44. The smallest absolute Gasteiger partial charge is 0.417 e. The molecule has 2 aliphatic heterocycles. The molecular formula is C42H49N9O8. The van der Waals surface area contributed by atoms with Gasteiger partial charge in [-0.05, 0) is 91.8 Å². The van der Waals surface area contributed by atoms with Crippen molar-refractivity contribution in [2.75, 3.05) is 50.7 Å². The number of hydrogen-bond donors (Lipinski definition) is 6. The number of hydrogen-bond acceptors (Lipinski definition) is 9. The van der Waals surface area contributed by atoms with E-state index >= 15 is 0 Å². The van der Waals surface area contributed by atoms with E-state index in [0.29, 0.717) is 92.7 Å². The lowest BCUT2D eigenvalue weighted by Gasteiger charge is -2.38. The first-order chi connectivity index (χ1) is 28.5. The Labute approximate surface area is 339 Å². The molecule has 2 aliphatic rings. The second-order valence-corrected chi connectivity index (χ2v) is 15.2. The third kappa shape index (κ3) is 9.91. The number of anilines is 1. The number of aryl methyl sites for hydroxylation is 1. The Balaban J connectivity index is 1.07. The number of fused-ring (bicyclic) bond motifs is 2. The molecule has 7 rings (SSSR count). The number of piperidine rings is 1. The minimum Gasteiger partial charge on any atom is -0.465 e. The molecule has 0 radical (unpaired) electrons. The van der Waals surface area contributed by atoms with Gasteiger partial charge in [0.2, 0.25) is 11.8 Å². The molecule has 0 aliphatic carbocycles. The Morgan fingerprint density at radius 3 is 2.37 bits per heavy atom. The summed E-state index contributed by atoms with van der Waals surface area (Å²) in [7, 11) is 0. The lowest BCUT2D eigenvalue weighted by atomic mass is 9.89. The van der Waals surface area contributed by atoms with Crippen LogP contribution in [0.4, 0.5) is 15.3 Å². The van der Waals surface area contributed by atoms with Gasteiger partial charge in [0.15, 0.2) is 5.58 Å². The van der Waals surface area contributed by atoms with E-state index in [1.807, 2.05) is 48.5 Å². The van der Waals surface area contributed by atoms with Gasteiger partial charge < -0.3 is 45.2 Å². The number of carboxylic acid groups (broad SMARTS) is 1. The number of aromatic amines is 2. The highest BCUT2D eigenvalue weighted by Gasteiger charge is 2.33. The zero-order chi connectivity index (χ0) is 41.5. The van der Waals surface area contributed by atoms with Gasteiger partial charge >= 0.3 is 17.9 Å². The first-order valence-electron chi connectivity index (χ1n) is 20.0. The van der Waals surface area contributed by atoms with E-state index in [1.54, 1.807) is 35.2 Å². The highest BCUT2D eigenvalue weighted by atomic mass is 16.4. The number of benzene rings is 2. The Bertz CT molecular complexity index is 2410. The van der Waals surface area contributed by atoms with Crippen LogP contribution >= 0.6 is 0 Å². The van der Waals surface area contributed by atoms with Gasteiger partial charge in [0.1, 0.15) is 12.1 Å². The van der Waals surface area contributed by atoms with Crippen molar-refractivity contribution in [1.29, 1.82) is 0 Å². The molecule has 59 heavy (non-hydrogen) atoms. The number of likely N-dealkylation sites (tertiary alicyclic amines) is 1. The maximum Gasteiger partial charge on any atom is 0.417 e. The van der Waals surface area contributed by atoms with Crippen molar-refractivity contribution in [2.24, 2.45) is 0 Å². The van der Waals surface area contributed by atoms with Gasteiger partial charge in [0, 0.05) is 81.4 Å². The fraction of sp³-hybridized carbons (Fsp3) is 0.405. The molecule has 3 aromatic heterocycles. The molecule has 0 spiro atoms. The van der Waals surface area contributed by atoms with E-state index in [4.69, 9.17) is 9.52 Å². The van der Waals surface area contributed by atoms with Crippen LogP contribution in [-0.2, 0) is 16.0 Å².